The molecule has 14 heavy (non-hydrogen) atoms. The van der Waals surface area contributed by atoms with Gasteiger partial charge in [-0.05, 0) is 51.2 Å². The Hall–Kier alpha value is -0.120. The quantitative estimate of drug-likeness (QED) is 0.702. The summed E-state index contributed by atoms with van der Waals surface area (Å²) < 4.78 is 5.44. The second-order valence-corrected chi connectivity index (χ2v) is 4.53. The number of nitrogens with one attached hydrogen (secondary N) is 2. The fourth-order valence-corrected chi connectivity index (χ4v) is 2.33. The maximum Gasteiger partial charge on any atom is 0.0619 e. The van der Waals surface area contributed by atoms with Gasteiger partial charge in [-0.1, -0.05) is 0 Å². The fourth-order valence-electron chi connectivity index (χ4n) is 2.33. The third kappa shape index (κ3) is 3.23. The number of rotatable bonds is 3. The van der Waals surface area contributed by atoms with Gasteiger partial charge in [0.05, 0.1) is 6.61 Å². The molecule has 2 heterocycles. The van der Waals surface area contributed by atoms with E-state index < -0.39 is 0 Å². The Balaban J connectivity index is 1.60. The van der Waals surface area contributed by atoms with E-state index in [0.717, 1.165) is 19.1 Å². The summed E-state index contributed by atoms with van der Waals surface area (Å²) in [6.45, 7) is 5.45. The van der Waals surface area contributed by atoms with Crippen LogP contribution >= 0.6 is 0 Å². The summed E-state index contributed by atoms with van der Waals surface area (Å²) in [6, 6.07) is 0.616. The van der Waals surface area contributed by atoms with Crippen molar-refractivity contribution >= 4 is 0 Å². The van der Waals surface area contributed by atoms with Gasteiger partial charge < -0.3 is 15.4 Å². The zero-order valence-corrected chi connectivity index (χ0v) is 8.93. The molecule has 2 aliphatic heterocycles. The lowest BCUT2D eigenvalue weighted by Gasteiger charge is -2.28. The molecule has 2 aliphatic rings. The highest BCUT2D eigenvalue weighted by Crippen LogP contribution is 2.10. The molecule has 0 bridgehead atoms. The molecule has 3 nitrogen and oxygen atoms in total. The molecule has 0 saturated carbocycles. The monoisotopic (exact) mass is 198 g/mol. The van der Waals surface area contributed by atoms with Crippen LogP contribution in [-0.4, -0.2) is 38.9 Å². The topological polar surface area (TPSA) is 33.3 Å². The predicted octanol–water partition coefficient (Wildman–Crippen LogP) is 0.755. The van der Waals surface area contributed by atoms with E-state index in [1.807, 2.05) is 0 Å². The normalized spacial score (nSPS) is 34.3. The third-order valence-corrected chi connectivity index (χ3v) is 3.25. The summed E-state index contributed by atoms with van der Waals surface area (Å²) >= 11 is 0. The van der Waals surface area contributed by atoms with Gasteiger partial charge in [0.2, 0.25) is 0 Å². The van der Waals surface area contributed by atoms with Crippen LogP contribution in [0.2, 0.25) is 0 Å². The van der Waals surface area contributed by atoms with Crippen LogP contribution in [0.3, 0.4) is 0 Å². The Morgan fingerprint density at radius 2 is 2.29 bits per heavy atom. The van der Waals surface area contributed by atoms with E-state index in [1.165, 1.54) is 45.3 Å². The Morgan fingerprint density at radius 3 is 3.00 bits per heavy atom. The van der Waals surface area contributed by atoms with Crippen molar-refractivity contribution in [1.82, 2.24) is 10.6 Å². The van der Waals surface area contributed by atoms with Crippen LogP contribution in [0.4, 0.5) is 0 Å². The molecule has 0 radical (unpaired) electrons. The van der Waals surface area contributed by atoms with Crippen molar-refractivity contribution in [3.8, 4) is 0 Å². The molecule has 0 amide bonds. The van der Waals surface area contributed by atoms with E-state index in [0.29, 0.717) is 6.04 Å². The molecule has 3 heteroatoms. The lowest BCUT2D eigenvalue weighted by Crippen LogP contribution is -2.42. The van der Waals surface area contributed by atoms with Crippen LogP contribution in [0.5, 0.6) is 0 Å². The molecule has 0 aromatic heterocycles. The second kappa shape index (κ2) is 5.69. The maximum atomic E-state index is 5.44. The van der Waals surface area contributed by atoms with Crippen molar-refractivity contribution in [2.24, 2.45) is 5.92 Å². The minimum Gasteiger partial charge on any atom is -0.380 e. The standard InChI is InChI=1S/C11H22N2O/c1-3-10(7-12-5-1)8-13-11-4-2-6-14-9-11/h10-13H,1-9H2. The average Bonchev–Trinajstić information content (AvgIpc) is 2.29. The van der Waals surface area contributed by atoms with Gasteiger partial charge in [0.15, 0.2) is 0 Å². The average molecular weight is 198 g/mol. The van der Waals surface area contributed by atoms with Crippen molar-refractivity contribution in [3.05, 3.63) is 0 Å². The molecule has 0 aromatic carbocycles. The molecular formula is C11H22N2O. The van der Waals surface area contributed by atoms with E-state index in [9.17, 15) is 0 Å². The van der Waals surface area contributed by atoms with E-state index in [2.05, 4.69) is 10.6 Å². The lowest BCUT2D eigenvalue weighted by molar-refractivity contribution is 0.0686. The van der Waals surface area contributed by atoms with Gasteiger partial charge in [-0.3, -0.25) is 0 Å². The summed E-state index contributed by atoms with van der Waals surface area (Å²) in [4.78, 5) is 0. The van der Waals surface area contributed by atoms with E-state index >= 15 is 0 Å². The molecule has 82 valence electrons. The fraction of sp³-hybridized carbons (Fsp3) is 1.00. The molecule has 2 atom stereocenters. The molecule has 2 saturated heterocycles. The number of piperidine rings is 1. The van der Waals surface area contributed by atoms with Gasteiger partial charge in [-0.25, -0.2) is 0 Å². The van der Waals surface area contributed by atoms with Gasteiger partial charge in [0.1, 0.15) is 0 Å². The zero-order chi connectivity index (χ0) is 9.64. The Bertz CT molecular complexity index is 133. The summed E-state index contributed by atoms with van der Waals surface area (Å²) in [5.41, 5.74) is 0. The maximum absolute atomic E-state index is 5.44. The van der Waals surface area contributed by atoms with Crippen LogP contribution in [0.15, 0.2) is 0 Å². The van der Waals surface area contributed by atoms with Crippen molar-refractivity contribution in [1.29, 1.82) is 0 Å². The highest BCUT2D eigenvalue weighted by molar-refractivity contribution is 4.75. The van der Waals surface area contributed by atoms with Crippen molar-refractivity contribution < 1.29 is 4.74 Å². The van der Waals surface area contributed by atoms with Crippen LogP contribution < -0.4 is 10.6 Å². The first-order chi connectivity index (χ1) is 6.95. The summed E-state index contributed by atoms with van der Waals surface area (Å²) in [7, 11) is 0. The van der Waals surface area contributed by atoms with E-state index in [-0.39, 0.29) is 0 Å². The van der Waals surface area contributed by atoms with Crippen molar-refractivity contribution in [2.45, 2.75) is 31.7 Å². The first-order valence-electron chi connectivity index (χ1n) is 5.97. The zero-order valence-electron chi connectivity index (χ0n) is 8.93. The highest BCUT2D eigenvalue weighted by Gasteiger charge is 2.17. The largest absolute Gasteiger partial charge is 0.380 e. The van der Waals surface area contributed by atoms with Gasteiger partial charge in [0.25, 0.3) is 0 Å². The second-order valence-electron chi connectivity index (χ2n) is 4.53. The van der Waals surface area contributed by atoms with Gasteiger partial charge >= 0.3 is 0 Å². The smallest absolute Gasteiger partial charge is 0.0619 e. The van der Waals surface area contributed by atoms with Gasteiger partial charge in [-0.15, -0.1) is 0 Å². The number of hydrogen-bond acceptors (Lipinski definition) is 3. The Labute approximate surface area is 86.6 Å². The molecule has 0 aromatic rings. The molecule has 2 N–H and O–H groups in total. The first kappa shape index (κ1) is 10.4. The summed E-state index contributed by atoms with van der Waals surface area (Å²) in [5.74, 6) is 0.839. The Morgan fingerprint density at radius 1 is 1.29 bits per heavy atom. The minimum atomic E-state index is 0.616. The van der Waals surface area contributed by atoms with E-state index in [4.69, 9.17) is 4.74 Å². The minimum absolute atomic E-state index is 0.616. The van der Waals surface area contributed by atoms with Crippen LogP contribution in [0.1, 0.15) is 25.7 Å². The predicted molar refractivity (Wildman–Crippen MR) is 57.4 cm³/mol. The van der Waals surface area contributed by atoms with Crippen molar-refractivity contribution in [3.63, 3.8) is 0 Å². The van der Waals surface area contributed by atoms with Gasteiger partial charge in [-0.2, -0.15) is 0 Å². The molecule has 2 fully saturated rings. The van der Waals surface area contributed by atoms with Crippen LogP contribution in [0, 0.1) is 5.92 Å². The van der Waals surface area contributed by atoms with Gasteiger partial charge in [0, 0.05) is 12.6 Å². The SMILES string of the molecule is C1CNCC(CNC2CCCOC2)C1. The van der Waals surface area contributed by atoms with E-state index in [1.54, 1.807) is 0 Å². The first-order valence-corrected chi connectivity index (χ1v) is 5.97. The summed E-state index contributed by atoms with van der Waals surface area (Å²) in [5, 5.41) is 7.08. The molecular weight excluding hydrogens is 176 g/mol. The van der Waals surface area contributed by atoms with Crippen LogP contribution in [0.25, 0.3) is 0 Å². The van der Waals surface area contributed by atoms with Crippen molar-refractivity contribution in [2.75, 3.05) is 32.8 Å². The number of ether oxygens (including phenoxy) is 1. The lowest BCUT2D eigenvalue weighted by atomic mass is 9.99. The summed E-state index contributed by atoms with van der Waals surface area (Å²) in [6.07, 6.45) is 5.24. The number of hydrogen-bond donors (Lipinski definition) is 2. The molecule has 2 unspecified atom stereocenters. The molecule has 2 rings (SSSR count). The molecule has 0 spiro atoms. The Kier molecular flexibility index (Phi) is 4.22. The highest BCUT2D eigenvalue weighted by atomic mass is 16.5. The van der Waals surface area contributed by atoms with Crippen LogP contribution in [-0.2, 0) is 4.74 Å². The molecule has 0 aliphatic carbocycles. The third-order valence-electron chi connectivity index (χ3n) is 3.25.